The Balaban J connectivity index is 2.11. The van der Waals surface area contributed by atoms with E-state index in [0.717, 1.165) is 5.56 Å². The first-order chi connectivity index (χ1) is 13.9. The lowest BCUT2D eigenvalue weighted by molar-refractivity contribution is -0.111. The van der Waals surface area contributed by atoms with Crippen molar-refractivity contribution in [3.05, 3.63) is 47.0 Å². The lowest BCUT2D eigenvalue weighted by Crippen LogP contribution is -2.08. The van der Waals surface area contributed by atoms with Crippen molar-refractivity contribution in [2.75, 3.05) is 33.3 Å². The number of hydrogen-bond donors (Lipinski definition) is 1. The molecule has 0 bridgehead atoms. The summed E-state index contributed by atoms with van der Waals surface area (Å²) in [4.78, 5) is 12.3. The zero-order valence-corrected chi connectivity index (χ0v) is 18.0. The van der Waals surface area contributed by atoms with E-state index in [2.05, 4.69) is 19.2 Å². The summed E-state index contributed by atoms with van der Waals surface area (Å²) >= 11 is 6.20. The van der Waals surface area contributed by atoms with E-state index in [0.29, 0.717) is 46.2 Å². The number of rotatable bonds is 9. The maximum absolute atomic E-state index is 12.3. The fraction of sp³-hybridized carbons (Fsp3) is 0.318. The lowest BCUT2D eigenvalue weighted by atomic mass is 10.2. The Kier molecular flexibility index (Phi) is 8.21. The minimum atomic E-state index is -0.335. The summed E-state index contributed by atoms with van der Waals surface area (Å²) in [5.74, 6) is 2.30. The molecular formula is C22H26ClNO5. The first kappa shape index (κ1) is 22.4. The van der Waals surface area contributed by atoms with Crippen LogP contribution in [0.25, 0.3) is 6.08 Å². The molecule has 0 radical (unpaired) electrons. The highest BCUT2D eigenvalue weighted by atomic mass is 35.5. The van der Waals surface area contributed by atoms with Crippen LogP contribution in [0.15, 0.2) is 36.4 Å². The Hall–Kier alpha value is -2.86. The summed E-state index contributed by atoms with van der Waals surface area (Å²) in [6.07, 6.45) is 3.09. The van der Waals surface area contributed by atoms with Gasteiger partial charge in [-0.1, -0.05) is 31.5 Å². The van der Waals surface area contributed by atoms with Gasteiger partial charge in [-0.2, -0.15) is 0 Å². The number of hydrogen-bond acceptors (Lipinski definition) is 5. The highest BCUT2D eigenvalue weighted by Crippen LogP contribution is 2.36. The molecule has 2 aromatic carbocycles. The normalized spacial score (nSPS) is 10.9. The van der Waals surface area contributed by atoms with Crippen LogP contribution in [0.2, 0.25) is 5.02 Å². The van der Waals surface area contributed by atoms with Gasteiger partial charge in [-0.3, -0.25) is 4.79 Å². The number of amides is 1. The Bertz CT molecular complexity index is 880. The largest absolute Gasteiger partial charge is 0.493 e. The summed E-state index contributed by atoms with van der Waals surface area (Å²) in [6.45, 7) is 4.75. The molecule has 0 aliphatic heterocycles. The molecule has 0 fully saturated rings. The van der Waals surface area contributed by atoms with Gasteiger partial charge in [0.25, 0.3) is 0 Å². The Labute approximate surface area is 176 Å². The molecule has 0 aliphatic rings. The second kappa shape index (κ2) is 10.6. The predicted octanol–water partition coefficient (Wildman–Crippen LogP) is 5.05. The van der Waals surface area contributed by atoms with Crippen LogP contribution >= 0.6 is 11.6 Å². The van der Waals surface area contributed by atoms with Crippen LogP contribution in [0.1, 0.15) is 19.4 Å². The molecule has 2 rings (SSSR count). The van der Waals surface area contributed by atoms with E-state index >= 15 is 0 Å². The van der Waals surface area contributed by atoms with Gasteiger partial charge in [0.1, 0.15) is 0 Å². The zero-order valence-electron chi connectivity index (χ0n) is 17.2. The molecule has 7 heteroatoms. The number of anilines is 1. The van der Waals surface area contributed by atoms with Crippen LogP contribution in [-0.2, 0) is 4.79 Å². The van der Waals surface area contributed by atoms with Gasteiger partial charge in [-0.15, -0.1) is 0 Å². The molecule has 1 amide bonds. The van der Waals surface area contributed by atoms with E-state index in [1.165, 1.54) is 20.3 Å². The van der Waals surface area contributed by atoms with Gasteiger partial charge in [0.05, 0.1) is 38.6 Å². The minimum absolute atomic E-state index is 0.335. The Morgan fingerprint density at radius 1 is 1.00 bits per heavy atom. The smallest absolute Gasteiger partial charge is 0.248 e. The summed E-state index contributed by atoms with van der Waals surface area (Å²) in [7, 11) is 4.61. The maximum atomic E-state index is 12.3. The molecule has 0 aromatic heterocycles. The molecule has 2 aromatic rings. The molecule has 0 saturated carbocycles. The summed E-state index contributed by atoms with van der Waals surface area (Å²) in [6, 6.07) is 8.68. The second-order valence-corrected chi connectivity index (χ2v) is 7.03. The summed E-state index contributed by atoms with van der Waals surface area (Å²) in [5.41, 5.74) is 1.22. The van der Waals surface area contributed by atoms with Crippen LogP contribution < -0.4 is 24.3 Å². The highest BCUT2D eigenvalue weighted by Gasteiger charge is 2.11. The van der Waals surface area contributed by atoms with Crippen molar-refractivity contribution < 1.29 is 23.7 Å². The van der Waals surface area contributed by atoms with Crippen molar-refractivity contribution in [1.29, 1.82) is 0 Å². The van der Waals surface area contributed by atoms with E-state index in [1.807, 2.05) is 18.2 Å². The summed E-state index contributed by atoms with van der Waals surface area (Å²) in [5, 5.41) is 3.08. The Morgan fingerprint density at radius 2 is 1.62 bits per heavy atom. The van der Waals surface area contributed by atoms with Crippen LogP contribution in [0.3, 0.4) is 0 Å². The van der Waals surface area contributed by atoms with Crippen molar-refractivity contribution in [3.63, 3.8) is 0 Å². The van der Waals surface area contributed by atoms with E-state index in [-0.39, 0.29) is 5.91 Å². The van der Waals surface area contributed by atoms with Gasteiger partial charge in [-0.05, 0) is 29.7 Å². The minimum Gasteiger partial charge on any atom is -0.493 e. The first-order valence-electron chi connectivity index (χ1n) is 9.09. The topological polar surface area (TPSA) is 66.0 Å². The average molecular weight is 420 g/mol. The van der Waals surface area contributed by atoms with Crippen molar-refractivity contribution in [3.8, 4) is 23.0 Å². The lowest BCUT2D eigenvalue weighted by Gasteiger charge is -2.13. The summed E-state index contributed by atoms with van der Waals surface area (Å²) < 4.78 is 21.5. The van der Waals surface area contributed by atoms with Crippen molar-refractivity contribution in [1.82, 2.24) is 0 Å². The molecule has 0 atom stereocenters. The van der Waals surface area contributed by atoms with Gasteiger partial charge in [0.2, 0.25) is 5.91 Å². The van der Waals surface area contributed by atoms with Crippen molar-refractivity contribution >= 4 is 29.3 Å². The molecule has 6 nitrogen and oxygen atoms in total. The van der Waals surface area contributed by atoms with E-state index in [1.54, 1.807) is 25.3 Å². The number of halogens is 1. The number of methoxy groups -OCH3 is 3. The third-order valence-electron chi connectivity index (χ3n) is 3.92. The van der Waals surface area contributed by atoms with E-state index in [4.69, 9.17) is 30.5 Å². The van der Waals surface area contributed by atoms with Crippen LogP contribution in [0.4, 0.5) is 5.69 Å². The van der Waals surface area contributed by atoms with Crippen LogP contribution in [-0.4, -0.2) is 33.8 Å². The molecule has 0 aliphatic carbocycles. The van der Waals surface area contributed by atoms with Gasteiger partial charge >= 0.3 is 0 Å². The first-order valence-corrected chi connectivity index (χ1v) is 9.47. The van der Waals surface area contributed by atoms with E-state index < -0.39 is 0 Å². The van der Waals surface area contributed by atoms with Gasteiger partial charge in [0, 0.05) is 18.2 Å². The zero-order chi connectivity index (χ0) is 21.4. The maximum Gasteiger partial charge on any atom is 0.248 e. The monoisotopic (exact) mass is 419 g/mol. The van der Waals surface area contributed by atoms with Gasteiger partial charge in [-0.25, -0.2) is 0 Å². The molecular weight excluding hydrogens is 394 g/mol. The SMILES string of the molecule is COc1cc(Cl)c(NC(=O)/C=C/c2ccc(OCC(C)C)c(OC)c2)cc1OC. The number of nitrogens with one attached hydrogen (secondary N) is 1. The molecule has 29 heavy (non-hydrogen) atoms. The van der Waals surface area contributed by atoms with Gasteiger partial charge < -0.3 is 24.3 Å². The molecule has 0 unspecified atom stereocenters. The molecule has 1 N–H and O–H groups in total. The molecule has 0 saturated heterocycles. The van der Waals surface area contributed by atoms with Crippen LogP contribution in [0.5, 0.6) is 23.0 Å². The highest BCUT2D eigenvalue weighted by molar-refractivity contribution is 6.34. The average Bonchev–Trinajstić information content (AvgIpc) is 2.71. The third kappa shape index (κ3) is 6.32. The Morgan fingerprint density at radius 3 is 2.24 bits per heavy atom. The molecule has 0 heterocycles. The fourth-order valence-corrected chi connectivity index (χ4v) is 2.66. The fourth-order valence-electron chi connectivity index (χ4n) is 2.46. The predicted molar refractivity (Wildman–Crippen MR) is 116 cm³/mol. The molecule has 0 spiro atoms. The third-order valence-corrected chi connectivity index (χ3v) is 4.23. The number of carbonyl (C=O) groups is 1. The number of ether oxygens (including phenoxy) is 4. The van der Waals surface area contributed by atoms with E-state index in [9.17, 15) is 4.79 Å². The van der Waals surface area contributed by atoms with Gasteiger partial charge in [0.15, 0.2) is 23.0 Å². The standard InChI is InChI=1S/C22H26ClNO5/c1-14(2)13-29-18-8-6-15(10-19(18)26-3)7-9-22(25)24-17-12-21(28-5)20(27-4)11-16(17)23/h6-12,14H,13H2,1-5H3,(H,24,25)/b9-7+. The number of carbonyl (C=O) groups excluding carboxylic acids is 1. The second-order valence-electron chi connectivity index (χ2n) is 6.62. The van der Waals surface area contributed by atoms with Crippen molar-refractivity contribution in [2.24, 2.45) is 5.92 Å². The van der Waals surface area contributed by atoms with Crippen LogP contribution in [0, 0.1) is 5.92 Å². The number of benzene rings is 2. The quantitative estimate of drug-likeness (QED) is 0.576. The van der Waals surface area contributed by atoms with Crippen molar-refractivity contribution in [2.45, 2.75) is 13.8 Å². The molecule has 156 valence electrons.